The monoisotopic (exact) mass is 448 g/mol. The summed E-state index contributed by atoms with van der Waals surface area (Å²) in [5.74, 6) is 2.61. The van der Waals surface area contributed by atoms with Gasteiger partial charge in [-0.2, -0.15) is 0 Å². The molecule has 3 fully saturated rings. The van der Waals surface area contributed by atoms with Crippen LogP contribution in [0.4, 0.5) is 0 Å². The minimum absolute atomic E-state index is 0.0292. The zero-order valence-electron chi connectivity index (χ0n) is 19.9. The van der Waals surface area contributed by atoms with Crippen LogP contribution in [0, 0.1) is 17.3 Å². The van der Waals surface area contributed by atoms with Crippen molar-refractivity contribution < 1.29 is 18.9 Å². The van der Waals surface area contributed by atoms with Crippen molar-refractivity contribution >= 4 is 0 Å². The molecule has 4 nitrogen and oxygen atoms in total. The zero-order valence-corrected chi connectivity index (χ0v) is 19.9. The smallest absolute Gasteiger partial charge is 0.174 e. The molecule has 1 spiro atoms. The minimum atomic E-state index is -0.427. The van der Waals surface area contributed by atoms with Crippen molar-refractivity contribution in [2.24, 2.45) is 17.3 Å². The molecule has 1 saturated heterocycles. The van der Waals surface area contributed by atoms with Gasteiger partial charge in [0.05, 0.1) is 26.9 Å². The van der Waals surface area contributed by atoms with Crippen molar-refractivity contribution in [1.82, 2.24) is 0 Å². The van der Waals surface area contributed by atoms with E-state index in [4.69, 9.17) is 18.9 Å². The van der Waals surface area contributed by atoms with Gasteiger partial charge < -0.3 is 18.9 Å². The molecule has 0 aromatic heterocycles. The topological polar surface area (TPSA) is 36.9 Å². The van der Waals surface area contributed by atoms with E-state index in [1.165, 1.54) is 36.8 Å². The van der Waals surface area contributed by atoms with Gasteiger partial charge in [-0.1, -0.05) is 43.3 Å². The lowest BCUT2D eigenvalue weighted by atomic mass is 9.55. The first-order valence-corrected chi connectivity index (χ1v) is 12.7. The second-order valence-corrected chi connectivity index (χ2v) is 10.8. The Morgan fingerprint density at radius 2 is 1.91 bits per heavy atom. The molecule has 2 aromatic carbocycles. The molecular formula is C29H36O4. The Balaban J connectivity index is 1.14. The average molecular weight is 449 g/mol. The summed E-state index contributed by atoms with van der Waals surface area (Å²) < 4.78 is 24.8. The van der Waals surface area contributed by atoms with Gasteiger partial charge >= 0.3 is 0 Å². The molecule has 6 rings (SSSR count). The highest BCUT2D eigenvalue weighted by atomic mass is 16.8. The van der Waals surface area contributed by atoms with Gasteiger partial charge in [0.1, 0.15) is 11.9 Å². The summed E-state index contributed by atoms with van der Waals surface area (Å²) in [7, 11) is 1.76. The molecule has 0 radical (unpaired) electrons. The van der Waals surface area contributed by atoms with Crippen molar-refractivity contribution in [2.75, 3.05) is 20.3 Å². The highest BCUT2D eigenvalue weighted by Crippen LogP contribution is 2.66. The van der Waals surface area contributed by atoms with Gasteiger partial charge in [0.15, 0.2) is 5.79 Å². The Hall–Kier alpha value is -1.88. The zero-order chi connectivity index (χ0) is 22.5. The van der Waals surface area contributed by atoms with E-state index in [0.717, 1.165) is 24.5 Å². The third-order valence-electron chi connectivity index (χ3n) is 9.25. The van der Waals surface area contributed by atoms with Gasteiger partial charge in [0.2, 0.25) is 0 Å². The van der Waals surface area contributed by atoms with Crippen LogP contribution in [0.15, 0.2) is 48.5 Å². The van der Waals surface area contributed by atoms with Crippen LogP contribution in [-0.2, 0) is 27.2 Å². The van der Waals surface area contributed by atoms with Crippen LogP contribution in [0.1, 0.15) is 61.6 Å². The first-order valence-electron chi connectivity index (χ1n) is 12.7. The second-order valence-electron chi connectivity index (χ2n) is 10.8. The quantitative estimate of drug-likeness (QED) is 0.572. The van der Waals surface area contributed by atoms with Crippen LogP contribution >= 0.6 is 0 Å². The predicted octanol–water partition coefficient (Wildman–Crippen LogP) is 5.88. The summed E-state index contributed by atoms with van der Waals surface area (Å²) >= 11 is 0. The largest absolute Gasteiger partial charge is 0.497 e. The molecule has 1 heterocycles. The van der Waals surface area contributed by atoms with Crippen LogP contribution in [0.3, 0.4) is 0 Å². The van der Waals surface area contributed by atoms with Gasteiger partial charge in [-0.05, 0) is 78.7 Å². The molecule has 176 valence electrons. The first kappa shape index (κ1) is 21.6. The van der Waals surface area contributed by atoms with Gasteiger partial charge in [0, 0.05) is 11.8 Å². The van der Waals surface area contributed by atoms with E-state index in [-0.39, 0.29) is 11.5 Å². The lowest BCUT2D eigenvalue weighted by Crippen LogP contribution is -2.51. The Bertz CT molecular complexity index is 990. The first-order chi connectivity index (χ1) is 16.1. The lowest BCUT2D eigenvalue weighted by molar-refractivity contribution is -0.247. The van der Waals surface area contributed by atoms with Crippen LogP contribution in [0.2, 0.25) is 0 Å². The summed E-state index contributed by atoms with van der Waals surface area (Å²) in [6, 6.07) is 17.1. The van der Waals surface area contributed by atoms with E-state index in [1.54, 1.807) is 12.7 Å². The number of hydrogen-bond acceptors (Lipinski definition) is 4. The Kier molecular flexibility index (Phi) is 5.51. The maximum absolute atomic E-state index is 6.74. The summed E-state index contributed by atoms with van der Waals surface area (Å²) in [6.07, 6.45) is 7.07. The number of ether oxygens (including phenoxy) is 4. The maximum Gasteiger partial charge on any atom is 0.174 e. The van der Waals surface area contributed by atoms with Crippen molar-refractivity contribution in [1.29, 1.82) is 0 Å². The van der Waals surface area contributed by atoms with Crippen molar-refractivity contribution in [3.63, 3.8) is 0 Å². The highest BCUT2D eigenvalue weighted by Gasteiger charge is 2.66. The SMILES string of the molecule is COc1ccc2c(c1)CC[C@@H]1[C@@H]2CC[C@@]2(C)[C@H]1CCC21OCC(COCc2ccccc2)O1. The van der Waals surface area contributed by atoms with Crippen molar-refractivity contribution in [3.05, 3.63) is 65.2 Å². The molecule has 2 saturated carbocycles. The molecule has 1 aliphatic heterocycles. The fourth-order valence-electron chi connectivity index (χ4n) is 7.60. The average Bonchev–Trinajstić information content (AvgIpc) is 3.40. The van der Waals surface area contributed by atoms with E-state index >= 15 is 0 Å². The number of rotatable bonds is 5. The third-order valence-corrected chi connectivity index (χ3v) is 9.25. The molecule has 6 atom stereocenters. The summed E-state index contributed by atoms with van der Waals surface area (Å²) in [4.78, 5) is 0. The Labute approximate surface area is 197 Å². The molecule has 2 aromatic rings. The van der Waals surface area contributed by atoms with Crippen LogP contribution in [-0.4, -0.2) is 32.2 Å². The van der Waals surface area contributed by atoms with Gasteiger partial charge in [-0.3, -0.25) is 0 Å². The standard InChI is InChI=1S/C29H36O4/c1-28-14-12-25-24-11-9-22(30-2)16-21(24)8-10-26(25)27(28)13-15-29(28)32-19-23(33-29)18-31-17-20-6-4-3-5-7-20/h3-7,9,11,16,23,25-27H,8,10,12-15,17-19H2,1-2H3/t23?,25-,26-,27+,28+,29?/m1/s1. The molecule has 0 bridgehead atoms. The van der Waals surface area contributed by atoms with E-state index < -0.39 is 5.79 Å². The number of hydrogen-bond donors (Lipinski definition) is 0. The molecule has 0 N–H and O–H groups in total. The molecule has 33 heavy (non-hydrogen) atoms. The predicted molar refractivity (Wildman–Crippen MR) is 127 cm³/mol. The van der Waals surface area contributed by atoms with Gasteiger partial charge in [0.25, 0.3) is 0 Å². The number of benzene rings is 2. The molecule has 4 aliphatic rings. The number of methoxy groups -OCH3 is 1. The van der Waals surface area contributed by atoms with Crippen LogP contribution in [0.25, 0.3) is 0 Å². The highest BCUT2D eigenvalue weighted by molar-refractivity contribution is 5.40. The normalized spacial score (nSPS) is 36.9. The molecule has 0 amide bonds. The lowest BCUT2D eigenvalue weighted by Gasteiger charge is -2.52. The van der Waals surface area contributed by atoms with E-state index in [1.807, 2.05) is 6.07 Å². The Morgan fingerprint density at radius 3 is 2.76 bits per heavy atom. The fraction of sp³-hybridized carbons (Fsp3) is 0.586. The Morgan fingerprint density at radius 1 is 1.03 bits per heavy atom. The van der Waals surface area contributed by atoms with Crippen LogP contribution < -0.4 is 4.74 Å². The molecule has 4 heteroatoms. The van der Waals surface area contributed by atoms with E-state index in [9.17, 15) is 0 Å². The summed E-state index contributed by atoms with van der Waals surface area (Å²) in [5.41, 5.74) is 4.35. The molecular weight excluding hydrogens is 412 g/mol. The maximum atomic E-state index is 6.74. The summed E-state index contributed by atoms with van der Waals surface area (Å²) in [6.45, 7) is 4.33. The number of aryl methyl sites for hydroxylation is 1. The van der Waals surface area contributed by atoms with Crippen molar-refractivity contribution in [3.8, 4) is 5.75 Å². The number of fused-ring (bicyclic) bond motifs is 6. The van der Waals surface area contributed by atoms with Crippen molar-refractivity contribution in [2.45, 2.75) is 69.9 Å². The summed E-state index contributed by atoms with van der Waals surface area (Å²) in [5, 5.41) is 0. The second kappa shape index (κ2) is 8.41. The fourth-order valence-corrected chi connectivity index (χ4v) is 7.60. The van der Waals surface area contributed by atoms with Gasteiger partial charge in [-0.25, -0.2) is 0 Å². The van der Waals surface area contributed by atoms with E-state index in [0.29, 0.717) is 31.7 Å². The third kappa shape index (κ3) is 3.53. The minimum Gasteiger partial charge on any atom is -0.497 e. The van der Waals surface area contributed by atoms with Crippen LogP contribution in [0.5, 0.6) is 5.75 Å². The van der Waals surface area contributed by atoms with E-state index in [2.05, 4.69) is 49.4 Å². The van der Waals surface area contributed by atoms with Gasteiger partial charge in [-0.15, -0.1) is 0 Å². The molecule has 2 unspecified atom stereocenters. The molecule has 3 aliphatic carbocycles.